The van der Waals surface area contributed by atoms with Crippen LogP contribution in [0.5, 0.6) is 0 Å². The Morgan fingerprint density at radius 2 is 1.82 bits per heavy atom. The van der Waals surface area contributed by atoms with E-state index in [-0.39, 0.29) is 17.5 Å². The maximum atomic E-state index is 12.2. The molecule has 2 N–H and O–H groups in total. The topological polar surface area (TPSA) is 59.1 Å². The quantitative estimate of drug-likeness (QED) is 0.783. The van der Waals surface area contributed by atoms with Crippen LogP contribution in [0.25, 0.3) is 0 Å². The number of hydrogen-bond donors (Lipinski definition) is 2. The fourth-order valence-corrected chi connectivity index (χ4v) is 2.30. The smallest absolute Gasteiger partial charge is 0.317 e. The molecule has 130 valence electrons. The van der Waals surface area contributed by atoms with Crippen molar-refractivity contribution in [3.05, 3.63) is 0 Å². The van der Waals surface area contributed by atoms with Gasteiger partial charge >= 0.3 is 6.03 Å². The third-order valence-corrected chi connectivity index (χ3v) is 4.54. The fraction of sp³-hybridized carbons (Fsp3) is 0.938. The summed E-state index contributed by atoms with van der Waals surface area (Å²) < 4.78 is 0. The van der Waals surface area contributed by atoms with Crippen LogP contribution in [0.15, 0.2) is 0 Å². The van der Waals surface area contributed by atoms with E-state index < -0.39 is 6.10 Å². The minimum atomic E-state index is -0.510. The third-order valence-electron chi connectivity index (χ3n) is 4.54. The minimum absolute atomic E-state index is 0.0228. The largest absolute Gasteiger partial charge is 0.390 e. The third kappa shape index (κ3) is 6.50. The average Bonchev–Trinajstić information content (AvgIpc) is 2.40. The molecule has 0 saturated carbocycles. The molecule has 0 aliphatic carbocycles. The monoisotopic (exact) mass is 314 g/mol. The zero-order chi connectivity index (χ0) is 16.9. The summed E-state index contributed by atoms with van der Waals surface area (Å²) in [6.07, 6.45) is -0.510. The molecule has 0 spiro atoms. The Bertz CT molecular complexity index is 349. The molecule has 2 atom stereocenters. The van der Waals surface area contributed by atoms with Gasteiger partial charge in [-0.1, -0.05) is 20.8 Å². The predicted octanol–water partition coefficient (Wildman–Crippen LogP) is 0.671. The van der Waals surface area contributed by atoms with Gasteiger partial charge in [-0.25, -0.2) is 4.79 Å². The molecule has 6 heteroatoms. The highest BCUT2D eigenvalue weighted by atomic mass is 16.3. The Balaban J connectivity index is 2.33. The molecule has 1 saturated heterocycles. The fourth-order valence-electron chi connectivity index (χ4n) is 2.30. The van der Waals surface area contributed by atoms with E-state index in [0.29, 0.717) is 13.1 Å². The van der Waals surface area contributed by atoms with Gasteiger partial charge in [-0.3, -0.25) is 4.90 Å². The first kappa shape index (κ1) is 19.2. The van der Waals surface area contributed by atoms with E-state index in [9.17, 15) is 9.90 Å². The van der Waals surface area contributed by atoms with E-state index in [1.54, 1.807) is 11.9 Å². The van der Waals surface area contributed by atoms with Crippen LogP contribution in [0.1, 0.15) is 27.7 Å². The molecule has 2 amide bonds. The van der Waals surface area contributed by atoms with Crippen molar-refractivity contribution in [1.82, 2.24) is 20.0 Å². The van der Waals surface area contributed by atoms with Crippen LogP contribution in [0.4, 0.5) is 4.79 Å². The molecule has 1 fully saturated rings. The van der Waals surface area contributed by atoms with E-state index in [1.165, 1.54) is 0 Å². The molecule has 1 aliphatic rings. The summed E-state index contributed by atoms with van der Waals surface area (Å²) in [5.74, 6) is 0. The Labute approximate surface area is 135 Å². The van der Waals surface area contributed by atoms with Crippen molar-refractivity contribution >= 4 is 6.03 Å². The van der Waals surface area contributed by atoms with Crippen LogP contribution < -0.4 is 5.32 Å². The first-order chi connectivity index (χ1) is 10.1. The normalized spacial score (nSPS) is 20.5. The maximum absolute atomic E-state index is 12.2. The lowest BCUT2D eigenvalue weighted by Crippen LogP contribution is -2.51. The van der Waals surface area contributed by atoms with Crippen molar-refractivity contribution in [3.8, 4) is 0 Å². The molecule has 0 aromatic heterocycles. The number of carbonyl (C=O) groups excluding carboxylic acids is 1. The number of amides is 2. The summed E-state index contributed by atoms with van der Waals surface area (Å²) in [4.78, 5) is 18.3. The zero-order valence-electron chi connectivity index (χ0n) is 15.1. The van der Waals surface area contributed by atoms with Gasteiger partial charge in [0.05, 0.1) is 6.10 Å². The van der Waals surface area contributed by atoms with Crippen LogP contribution in [-0.2, 0) is 0 Å². The van der Waals surface area contributed by atoms with E-state index in [2.05, 4.69) is 42.9 Å². The molecule has 0 unspecified atom stereocenters. The van der Waals surface area contributed by atoms with Crippen molar-refractivity contribution in [2.45, 2.75) is 39.8 Å². The number of aliphatic hydroxyl groups is 1. The van der Waals surface area contributed by atoms with Crippen molar-refractivity contribution < 1.29 is 9.90 Å². The molecule has 1 aliphatic heterocycles. The van der Waals surface area contributed by atoms with Crippen molar-refractivity contribution in [2.24, 2.45) is 5.41 Å². The first-order valence-corrected chi connectivity index (χ1v) is 8.20. The molecule has 1 heterocycles. The maximum Gasteiger partial charge on any atom is 0.317 e. The predicted molar refractivity (Wildman–Crippen MR) is 90.0 cm³/mol. The number of rotatable bonds is 5. The second-order valence-electron chi connectivity index (χ2n) is 7.68. The van der Waals surface area contributed by atoms with E-state index in [0.717, 1.165) is 26.2 Å². The van der Waals surface area contributed by atoms with Gasteiger partial charge in [0, 0.05) is 52.4 Å². The number of β-amino-alcohol motifs (C(OH)–C–C–N with tert-alkyl or cyclic N) is 1. The molecule has 0 bridgehead atoms. The Hall–Kier alpha value is -0.850. The summed E-state index contributed by atoms with van der Waals surface area (Å²) in [6, 6.07) is -0.0444. The highest BCUT2D eigenvalue weighted by molar-refractivity contribution is 5.74. The van der Waals surface area contributed by atoms with Crippen molar-refractivity contribution in [3.63, 3.8) is 0 Å². The average molecular weight is 314 g/mol. The summed E-state index contributed by atoms with van der Waals surface area (Å²) in [7, 11) is 3.85. The Kier molecular flexibility index (Phi) is 7.09. The standard InChI is InChI=1S/C16H34N4O2/c1-13(16(2,3)4)17-15(22)19(6)11-14(21)12-20-9-7-18(5)8-10-20/h13-14,21H,7-12H2,1-6H3,(H,17,22)/t13-,14-/m1/s1. The van der Waals surface area contributed by atoms with Gasteiger partial charge in [0.25, 0.3) is 0 Å². The zero-order valence-corrected chi connectivity index (χ0v) is 15.1. The molecule has 0 aromatic rings. The molecule has 22 heavy (non-hydrogen) atoms. The second kappa shape index (κ2) is 8.13. The molecule has 0 aromatic carbocycles. The van der Waals surface area contributed by atoms with Gasteiger partial charge in [0.15, 0.2) is 0 Å². The summed E-state index contributed by atoms with van der Waals surface area (Å²) in [5, 5.41) is 13.2. The summed E-state index contributed by atoms with van der Waals surface area (Å²) in [6.45, 7) is 13.3. The molecule has 1 rings (SSSR count). The van der Waals surface area contributed by atoms with Gasteiger partial charge in [0.2, 0.25) is 0 Å². The van der Waals surface area contributed by atoms with Crippen LogP contribution >= 0.6 is 0 Å². The van der Waals surface area contributed by atoms with Crippen LogP contribution in [0.3, 0.4) is 0 Å². The SMILES string of the molecule is C[C@@H](NC(=O)N(C)C[C@@H](O)CN1CCN(C)CC1)C(C)(C)C. The highest BCUT2D eigenvalue weighted by Gasteiger charge is 2.24. The van der Waals surface area contributed by atoms with E-state index in [1.807, 2.05) is 6.92 Å². The summed E-state index contributed by atoms with van der Waals surface area (Å²) >= 11 is 0. The van der Waals surface area contributed by atoms with E-state index in [4.69, 9.17) is 0 Å². The number of likely N-dealkylation sites (N-methyl/N-ethyl adjacent to an activating group) is 2. The first-order valence-electron chi connectivity index (χ1n) is 8.20. The number of aliphatic hydroxyl groups excluding tert-OH is 1. The van der Waals surface area contributed by atoms with Gasteiger partial charge in [0.1, 0.15) is 0 Å². The Morgan fingerprint density at radius 1 is 1.27 bits per heavy atom. The van der Waals surface area contributed by atoms with E-state index >= 15 is 0 Å². The van der Waals surface area contributed by atoms with Crippen molar-refractivity contribution in [2.75, 3.05) is 53.4 Å². The van der Waals surface area contributed by atoms with Crippen LogP contribution in [0, 0.1) is 5.41 Å². The minimum Gasteiger partial charge on any atom is -0.390 e. The van der Waals surface area contributed by atoms with Gasteiger partial charge in [-0.15, -0.1) is 0 Å². The molecule has 0 radical (unpaired) electrons. The van der Waals surface area contributed by atoms with Gasteiger partial charge in [-0.2, -0.15) is 0 Å². The van der Waals surface area contributed by atoms with Gasteiger partial charge < -0.3 is 20.2 Å². The number of carbonyl (C=O) groups is 1. The van der Waals surface area contributed by atoms with Crippen LogP contribution in [-0.4, -0.2) is 91.3 Å². The summed E-state index contributed by atoms with van der Waals surface area (Å²) in [5.41, 5.74) is 0.0228. The van der Waals surface area contributed by atoms with Crippen LogP contribution in [0.2, 0.25) is 0 Å². The lowest BCUT2D eigenvalue weighted by molar-refractivity contribution is 0.0651. The molecule has 6 nitrogen and oxygen atoms in total. The highest BCUT2D eigenvalue weighted by Crippen LogP contribution is 2.18. The second-order valence-corrected chi connectivity index (χ2v) is 7.68. The number of urea groups is 1. The van der Waals surface area contributed by atoms with Gasteiger partial charge in [-0.05, 0) is 19.4 Å². The molecular formula is C16H34N4O2. The number of piperazine rings is 1. The molecular weight excluding hydrogens is 280 g/mol. The van der Waals surface area contributed by atoms with Crippen molar-refractivity contribution in [1.29, 1.82) is 0 Å². The Morgan fingerprint density at radius 3 is 2.32 bits per heavy atom. The number of nitrogens with one attached hydrogen (secondary N) is 1. The lowest BCUT2D eigenvalue weighted by atomic mass is 9.88. The number of nitrogens with zero attached hydrogens (tertiary/aromatic N) is 3. The number of hydrogen-bond acceptors (Lipinski definition) is 4. The lowest BCUT2D eigenvalue weighted by Gasteiger charge is -2.34.